The maximum atomic E-state index is 12.6. The summed E-state index contributed by atoms with van der Waals surface area (Å²) >= 11 is 0. The summed E-state index contributed by atoms with van der Waals surface area (Å²) in [6.07, 6.45) is 1.58. The normalized spacial score (nSPS) is 16.9. The highest BCUT2D eigenvalue weighted by atomic mass is 32.2. The van der Waals surface area contributed by atoms with E-state index in [4.69, 9.17) is 0 Å². The first-order valence-corrected chi connectivity index (χ1v) is 8.72. The fourth-order valence-corrected chi connectivity index (χ4v) is 4.06. The molecule has 1 aliphatic rings. The van der Waals surface area contributed by atoms with Crippen molar-refractivity contribution in [1.29, 1.82) is 0 Å². The molecule has 3 rings (SSSR count). The first kappa shape index (κ1) is 15.1. The third kappa shape index (κ3) is 2.74. The minimum absolute atomic E-state index is 0.140. The number of aryl methyl sites for hydroxylation is 2. The second-order valence-electron chi connectivity index (χ2n) is 5.46. The van der Waals surface area contributed by atoms with Crippen LogP contribution in [0.3, 0.4) is 0 Å². The Kier molecular flexibility index (Phi) is 3.92. The van der Waals surface area contributed by atoms with E-state index in [1.165, 1.54) is 4.31 Å². The lowest BCUT2D eigenvalue weighted by Gasteiger charge is -2.34. The number of para-hydroxylation sites is 1. The lowest BCUT2D eigenvalue weighted by atomic mass is 10.2. The van der Waals surface area contributed by atoms with Crippen LogP contribution in [0.5, 0.6) is 0 Å². The smallest absolute Gasteiger partial charge is 0.262 e. The van der Waals surface area contributed by atoms with Gasteiger partial charge in [0.15, 0.2) is 5.03 Å². The molecule has 2 heterocycles. The molecule has 0 saturated carbocycles. The van der Waals surface area contributed by atoms with E-state index in [2.05, 4.69) is 9.88 Å². The first-order valence-electron chi connectivity index (χ1n) is 7.28. The van der Waals surface area contributed by atoms with Crippen LogP contribution in [0, 0.1) is 6.92 Å². The van der Waals surface area contributed by atoms with Gasteiger partial charge >= 0.3 is 0 Å². The second-order valence-corrected chi connectivity index (χ2v) is 7.35. The van der Waals surface area contributed by atoms with Gasteiger partial charge in [0.25, 0.3) is 10.0 Å². The molecule has 118 valence electrons. The molecule has 0 bridgehead atoms. The highest BCUT2D eigenvalue weighted by molar-refractivity contribution is 7.89. The fraction of sp³-hybridized carbons (Fsp3) is 0.400. The van der Waals surface area contributed by atoms with Crippen LogP contribution in [-0.2, 0) is 17.1 Å². The van der Waals surface area contributed by atoms with E-state index >= 15 is 0 Å². The number of piperazine rings is 1. The molecular weight excluding hydrogens is 300 g/mol. The number of sulfonamides is 1. The van der Waals surface area contributed by atoms with Crippen LogP contribution in [0.2, 0.25) is 0 Å². The van der Waals surface area contributed by atoms with Gasteiger partial charge in [0.05, 0.1) is 0 Å². The largest absolute Gasteiger partial charge is 0.369 e. The quantitative estimate of drug-likeness (QED) is 0.854. The molecule has 1 aromatic heterocycles. The van der Waals surface area contributed by atoms with Gasteiger partial charge in [-0.05, 0) is 19.1 Å². The number of hydrogen-bond donors (Lipinski definition) is 0. The van der Waals surface area contributed by atoms with Crippen LogP contribution in [-0.4, -0.2) is 48.5 Å². The summed E-state index contributed by atoms with van der Waals surface area (Å²) in [6.45, 7) is 4.14. The van der Waals surface area contributed by atoms with Gasteiger partial charge in [-0.2, -0.15) is 4.31 Å². The Morgan fingerprint density at radius 1 is 1.05 bits per heavy atom. The van der Waals surface area contributed by atoms with Crippen LogP contribution in [0.15, 0.2) is 41.6 Å². The Morgan fingerprint density at radius 3 is 2.23 bits per heavy atom. The van der Waals surface area contributed by atoms with Gasteiger partial charge in [0.2, 0.25) is 0 Å². The predicted molar refractivity (Wildman–Crippen MR) is 85.4 cm³/mol. The van der Waals surface area contributed by atoms with Gasteiger partial charge in [0, 0.05) is 45.1 Å². The Labute approximate surface area is 131 Å². The van der Waals surface area contributed by atoms with Crippen molar-refractivity contribution in [1.82, 2.24) is 13.9 Å². The third-order valence-corrected chi connectivity index (χ3v) is 5.82. The van der Waals surface area contributed by atoms with Crippen LogP contribution >= 0.6 is 0 Å². The van der Waals surface area contributed by atoms with Gasteiger partial charge in [0.1, 0.15) is 5.82 Å². The predicted octanol–water partition coefficient (Wildman–Crippen LogP) is 1.24. The summed E-state index contributed by atoms with van der Waals surface area (Å²) < 4.78 is 28.5. The number of nitrogens with zero attached hydrogens (tertiary/aromatic N) is 4. The molecule has 0 spiro atoms. The lowest BCUT2D eigenvalue weighted by molar-refractivity contribution is 0.383. The topological polar surface area (TPSA) is 58.4 Å². The summed E-state index contributed by atoms with van der Waals surface area (Å²) in [5.41, 5.74) is 1.13. The minimum Gasteiger partial charge on any atom is -0.369 e. The number of rotatable bonds is 3. The molecular formula is C15H20N4O2S. The maximum Gasteiger partial charge on any atom is 0.262 e. The summed E-state index contributed by atoms with van der Waals surface area (Å²) in [7, 11) is -1.69. The Hall–Kier alpha value is -1.86. The summed E-state index contributed by atoms with van der Waals surface area (Å²) in [5, 5.41) is 0.140. The lowest BCUT2D eigenvalue weighted by Crippen LogP contribution is -2.48. The molecule has 7 heteroatoms. The van der Waals surface area contributed by atoms with Crippen molar-refractivity contribution in [2.24, 2.45) is 7.05 Å². The van der Waals surface area contributed by atoms with Crippen LogP contribution in [0.1, 0.15) is 5.82 Å². The van der Waals surface area contributed by atoms with Crippen molar-refractivity contribution in [3.8, 4) is 0 Å². The van der Waals surface area contributed by atoms with E-state index in [0.29, 0.717) is 32.0 Å². The molecule has 1 saturated heterocycles. The summed E-state index contributed by atoms with van der Waals surface area (Å²) in [4.78, 5) is 6.36. The first-order chi connectivity index (χ1) is 10.5. The van der Waals surface area contributed by atoms with E-state index in [1.54, 1.807) is 24.7 Å². The van der Waals surface area contributed by atoms with Gasteiger partial charge in [-0.15, -0.1) is 0 Å². The molecule has 0 radical (unpaired) electrons. The SMILES string of the molecule is Cc1nc(S(=O)(=O)N2CCN(c3ccccc3)CC2)cn1C. The van der Waals surface area contributed by atoms with Crippen LogP contribution < -0.4 is 4.90 Å². The van der Waals surface area contributed by atoms with E-state index in [1.807, 2.05) is 30.3 Å². The Balaban J connectivity index is 1.73. The van der Waals surface area contributed by atoms with Crippen LogP contribution in [0.25, 0.3) is 0 Å². The minimum atomic E-state index is -3.49. The number of hydrogen-bond acceptors (Lipinski definition) is 4. The monoisotopic (exact) mass is 320 g/mol. The zero-order chi connectivity index (χ0) is 15.7. The molecule has 0 atom stereocenters. The fourth-order valence-electron chi connectivity index (χ4n) is 2.61. The maximum absolute atomic E-state index is 12.6. The molecule has 1 aliphatic heterocycles. The van der Waals surface area contributed by atoms with Gasteiger partial charge in [-0.25, -0.2) is 13.4 Å². The van der Waals surface area contributed by atoms with Crippen molar-refractivity contribution >= 4 is 15.7 Å². The number of aromatic nitrogens is 2. The van der Waals surface area contributed by atoms with Crippen molar-refractivity contribution in [3.05, 3.63) is 42.4 Å². The van der Waals surface area contributed by atoms with Crippen molar-refractivity contribution in [3.63, 3.8) is 0 Å². The van der Waals surface area contributed by atoms with Gasteiger partial charge < -0.3 is 9.47 Å². The average molecular weight is 320 g/mol. The summed E-state index contributed by atoms with van der Waals surface area (Å²) in [5.74, 6) is 0.696. The number of imidazole rings is 1. The third-order valence-electron chi connectivity index (χ3n) is 4.05. The molecule has 0 N–H and O–H groups in total. The Morgan fingerprint density at radius 2 is 1.68 bits per heavy atom. The number of benzene rings is 1. The standard InChI is InChI=1S/C15H20N4O2S/c1-13-16-15(12-17(13)2)22(20,21)19-10-8-18(9-11-19)14-6-4-3-5-7-14/h3-7,12H,8-11H2,1-2H3. The molecule has 22 heavy (non-hydrogen) atoms. The van der Waals surface area contributed by atoms with Gasteiger partial charge in [-0.1, -0.05) is 18.2 Å². The molecule has 0 amide bonds. The van der Waals surface area contributed by atoms with E-state index in [9.17, 15) is 8.42 Å². The second kappa shape index (κ2) is 5.73. The summed E-state index contributed by atoms with van der Waals surface area (Å²) in [6, 6.07) is 10.1. The van der Waals surface area contributed by atoms with Crippen molar-refractivity contribution in [2.75, 3.05) is 31.1 Å². The highest BCUT2D eigenvalue weighted by Crippen LogP contribution is 2.20. The highest BCUT2D eigenvalue weighted by Gasteiger charge is 2.30. The van der Waals surface area contributed by atoms with E-state index in [0.717, 1.165) is 5.69 Å². The van der Waals surface area contributed by atoms with Gasteiger partial charge in [-0.3, -0.25) is 0 Å². The molecule has 1 aromatic carbocycles. The van der Waals surface area contributed by atoms with E-state index in [-0.39, 0.29) is 5.03 Å². The van der Waals surface area contributed by atoms with E-state index < -0.39 is 10.0 Å². The molecule has 0 aliphatic carbocycles. The molecule has 1 fully saturated rings. The van der Waals surface area contributed by atoms with Crippen molar-refractivity contribution < 1.29 is 8.42 Å². The van der Waals surface area contributed by atoms with Crippen LogP contribution in [0.4, 0.5) is 5.69 Å². The zero-order valence-electron chi connectivity index (χ0n) is 12.8. The molecule has 2 aromatic rings. The zero-order valence-corrected chi connectivity index (χ0v) is 13.6. The molecule has 0 unspecified atom stereocenters. The number of anilines is 1. The molecule has 6 nitrogen and oxygen atoms in total. The van der Waals surface area contributed by atoms with Crippen molar-refractivity contribution in [2.45, 2.75) is 11.9 Å². The Bertz CT molecular complexity index is 728. The average Bonchev–Trinajstić information content (AvgIpc) is 2.88.